The van der Waals surface area contributed by atoms with Gasteiger partial charge in [0, 0.05) is 18.4 Å². The van der Waals surface area contributed by atoms with Crippen LogP contribution < -0.4 is 0 Å². The maximum absolute atomic E-state index is 13.8. The Morgan fingerprint density at radius 3 is 2.70 bits per heavy atom. The van der Waals surface area contributed by atoms with Gasteiger partial charge < -0.3 is 15.1 Å². The summed E-state index contributed by atoms with van der Waals surface area (Å²) in [5.74, 6) is -2.17. The number of carbonyl (C=O) groups is 2. The summed E-state index contributed by atoms with van der Waals surface area (Å²) in [6.45, 7) is 2.61. The van der Waals surface area contributed by atoms with Crippen molar-refractivity contribution in [3.63, 3.8) is 0 Å². The van der Waals surface area contributed by atoms with Crippen LogP contribution >= 0.6 is 11.8 Å². The molecule has 1 atom stereocenters. The first-order valence-corrected chi connectivity index (χ1v) is 12.2. The summed E-state index contributed by atoms with van der Waals surface area (Å²) in [6, 6.07) is 5.20. The molecule has 2 heterocycles. The molecule has 1 aliphatic heterocycles. The van der Waals surface area contributed by atoms with Crippen molar-refractivity contribution in [1.29, 1.82) is 0 Å². The summed E-state index contributed by atoms with van der Waals surface area (Å²) >= 11 is 1.07. The fraction of sp³-hybridized carbons (Fsp3) is 0.360. The molecule has 0 bridgehead atoms. The number of carboxylic acid groups (broad SMARTS) is 1. The smallest absolute Gasteiger partial charge is 0.416 e. The first-order chi connectivity index (χ1) is 17.2. The van der Waals surface area contributed by atoms with E-state index in [9.17, 15) is 27.9 Å². The average molecular weight is 535 g/mol. The monoisotopic (exact) mass is 534 g/mol. The number of nitrogens with zero attached hydrogens (tertiary/aromatic N) is 4. The Hall–Kier alpha value is -3.38. The lowest BCUT2D eigenvalue weighted by molar-refractivity contribution is -0.137. The van der Waals surface area contributed by atoms with Crippen LogP contribution in [0.25, 0.3) is 17.0 Å². The Morgan fingerprint density at radius 2 is 2.05 bits per heavy atom. The number of amidine groups is 1. The summed E-state index contributed by atoms with van der Waals surface area (Å²) in [4.78, 5) is 28.8. The van der Waals surface area contributed by atoms with Crippen LogP contribution in [0.2, 0.25) is 0 Å². The molecule has 0 radical (unpaired) electrons. The first kappa shape index (κ1) is 26.7. The zero-order valence-electron chi connectivity index (χ0n) is 20.3. The molecule has 1 aliphatic carbocycles. The maximum Gasteiger partial charge on any atom is 0.416 e. The molecule has 8 nitrogen and oxygen atoms in total. The average Bonchev–Trinajstić information content (AvgIpc) is 3.35. The van der Waals surface area contributed by atoms with Gasteiger partial charge in [0.15, 0.2) is 5.17 Å². The van der Waals surface area contributed by atoms with Gasteiger partial charge in [-0.05, 0) is 61.4 Å². The van der Waals surface area contributed by atoms with Crippen molar-refractivity contribution < 1.29 is 33.0 Å². The minimum absolute atomic E-state index is 0.0880. The van der Waals surface area contributed by atoms with Gasteiger partial charge in [-0.15, -0.1) is 0 Å². The lowest BCUT2D eigenvalue weighted by atomic mass is 9.81. The van der Waals surface area contributed by atoms with Crippen molar-refractivity contribution in [3.05, 3.63) is 58.2 Å². The Kier molecular flexibility index (Phi) is 7.08. The molecule has 2 N–H and O–H groups in total. The number of fused-ring (bicyclic) bond motifs is 1. The first-order valence-electron chi connectivity index (χ1n) is 11.3. The molecule has 1 aromatic carbocycles. The molecular weight excluding hydrogens is 509 g/mol. The van der Waals surface area contributed by atoms with Crippen LogP contribution in [0.1, 0.15) is 25.8 Å². The predicted octanol–water partition coefficient (Wildman–Crippen LogP) is 4.23. The van der Waals surface area contributed by atoms with E-state index in [0.717, 1.165) is 17.8 Å². The van der Waals surface area contributed by atoms with E-state index in [4.69, 9.17) is 5.11 Å². The number of rotatable bonds is 6. The number of aliphatic imine (C=N–C) groups is 1. The highest BCUT2D eigenvalue weighted by Crippen LogP contribution is 2.39. The topological polar surface area (TPSA) is 108 Å². The van der Waals surface area contributed by atoms with E-state index >= 15 is 0 Å². The SMILES string of the molecule is CN(CC(=O)O)C1=NC(=O)/C(=C/c2ccc3c(cnn3CC3=CCC(C(C)(C)O)C=C3C(F)(F)F)c2)S1. The number of carbonyl (C=O) groups excluding carboxylic acids is 1. The zero-order valence-corrected chi connectivity index (χ0v) is 21.1. The largest absolute Gasteiger partial charge is 0.480 e. The van der Waals surface area contributed by atoms with Crippen LogP contribution in [0.5, 0.6) is 0 Å². The number of aliphatic carboxylic acids is 1. The van der Waals surface area contributed by atoms with Crippen molar-refractivity contribution in [2.75, 3.05) is 13.6 Å². The van der Waals surface area contributed by atoms with Crippen LogP contribution in [-0.2, 0) is 16.1 Å². The van der Waals surface area contributed by atoms with Gasteiger partial charge in [0.1, 0.15) is 6.54 Å². The van der Waals surface area contributed by atoms with Gasteiger partial charge in [-0.1, -0.05) is 18.2 Å². The third-order valence-corrected chi connectivity index (χ3v) is 7.23. The number of likely N-dealkylation sites (N-methyl/N-ethyl adjacent to an activating group) is 1. The minimum Gasteiger partial charge on any atom is -0.480 e. The van der Waals surface area contributed by atoms with E-state index in [1.54, 1.807) is 30.5 Å². The van der Waals surface area contributed by atoms with Crippen LogP contribution in [0.3, 0.4) is 0 Å². The van der Waals surface area contributed by atoms with Gasteiger partial charge in [0.25, 0.3) is 5.91 Å². The third kappa shape index (κ3) is 5.96. The van der Waals surface area contributed by atoms with E-state index in [1.807, 2.05) is 0 Å². The Labute approximate surface area is 214 Å². The molecule has 196 valence electrons. The highest BCUT2D eigenvalue weighted by Gasteiger charge is 2.40. The summed E-state index contributed by atoms with van der Waals surface area (Å²) < 4.78 is 42.9. The summed E-state index contributed by atoms with van der Waals surface area (Å²) in [5.41, 5.74) is -0.666. The molecule has 1 aromatic heterocycles. The number of alkyl halides is 3. The van der Waals surface area contributed by atoms with Gasteiger partial charge >= 0.3 is 12.1 Å². The van der Waals surface area contributed by atoms with Crippen LogP contribution in [0, 0.1) is 5.92 Å². The molecule has 37 heavy (non-hydrogen) atoms. The fourth-order valence-corrected chi connectivity index (χ4v) is 5.01. The summed E-state index contributed by atoms with van der Waals surface area (Å²) in [6.07, 6.45) is 1.50. The highest BCUT2D eigenvalue weighted by atomic mass is 32.2. The van der Waals surface area contributed by atoms with Gasteiger partial charge in [0.2, 0.25) is 0 Å². The van der Waals surface area contributed by atoms with Crippen LogP contribution in [0.15, 0.2) is 57.6 Å². The van der Waals surface area contributed by atoms with Crippen molar-refractivity contribution >= 4 is 45.8 Å². The van der Waals surface area contributed by atoms with Gasteiger partial charge in [-0.3, -0.25) is 14.3 Å². The second-order valence-electron chi connectivity index (χ2n) is 9.48. The van der Waals surface area contributed by atoms with Crippen LogP contribution in [-0.4, -0.2) is 67.3 Å². The van der Waals surface area contributed by atoms with Crippen molar-refractivity contribution in [3.8, 4) is 0 Å². The van der Waals surface area contributed by atoms with E-state index < -0.39 is 35.1 Å². The molecule has 12 heteroatoms. The van der Waals surface area contributed by atoms with E-state index in [-0.39, 0.29) is 30.3 Å². The van der Waals surface area contributed by atoms with Crippen molar-refractivity contribution in [2.45, 2.75) is 38.6 Å². The molecule has 0 fully saturated rings. The molecule has 0 saturated heterocycles. The summed E-state index contributed by atoms with van der Waals surface area (Å²) in [5, 5.41) is 24.4. The number of thioether (sulfide) groups is 1. The number of carboxylic acids is 1. The molecule has 1 amide bonds. The molecular formula is C25H25F3N4O4S. The minimum atomic E-state index is -4.57. The molecule has 1 unspecified atom stereocenters. The highest BCUT2D eigenvalue weighted by molar-refractivity contribution is 8.18. The Morgan fingerprint density at radius 1 is 1.32 bits per heavy atom. The Bertz CT molecular complexity index is 1380. The normalized spacial score (nSPS) is 19.8. The quantitative estimate of drug-likeness (QED) is 0.534. The summed E-state index contributed by atoms with van der Waals surface area (Å²) in [7, 11) is 1.53. The van der Waals surface area contributed by atoms with E-state index in [2.05, 4.69) is 10.1 Å². The number of hydrogen-bond donors (Lipinski definition) is 2. The molecule has 0 spiro atoms. The lowest BCUT2D eigenvalue weighted by Crippen LogP contribution is -2.32. The van der Waals surface area contributed by atoms with E-state index in [1.165, 1.54) is 36.6 Å². The number of hydrogen-bond acceptors (Lipinski definition) is 6. The lowest BCUT2D eigenvalue weighted by Gasteiger charge is -2.31. The number of benzene rings is 1. The molecule has 4 rings (SSSR count). The van der Waals surface area contributed by atoms with E-state index in [0.29, 0.717) is 21.4 Å². The second kappa shape index (κ2) is 9.82. The fourth-order valence-electron chi connectivity index (χ4n) is 4.14. The molecule has 0 saturated carbocycles. The number of allylic oxidation sites excluding steroid dienone is 3. The van der Waals surface area contributed by atoms with Crippen molar-refractivity contribution in [2.24, 2.45) is 10.9 Å². The predicted molar refractivity (Wildman–Crippen MR) is 135 cm³/mol. The molecule has 2 aromatic rings. The van der Waals surface area contributed by atoms with Crippen molar-refractivity contribution in [1.82, 2.24) is 14.7 Å². The number of aromatic nitrogens is 2. The van der Waals surface area contributed by atoms with Gasteiger partial charge in [0.05, 0.1) is 34.3 Å². The van der Waals surface area contributed by atoms with Gasteiger partial charge in [-0.2, -0.15) is 23.3 Å². The zero-order chi connectivity index (χ0) is 27.1. The number of amides is 1. The Balaban J connectivity index is 1.55. The van der Waals surface area contributed by atoms with Gasteiger partial charge in [-0.25, -0.2) is 0 Å². The van der Waals surface area contributed by atoms with Crippen LogP contribution in [0.4, 0.5) is 13.2 Å². The third-order valence-electron chi connectivity index (χ3n) is 6.14. The number of aliphatic hydroxyl groups is 1. The second-order valence-corrected chi connectivity index (χ2v) is 10.5. The number of halogens is 3. The standard InChI is InChI=1S/C25H25F3N4O4S/c1-24(2,36)17-6-5-15(18(10-17)25(26,27)28)12-32-19-7-4-14(8-16(19)11-29-32)9-20-22(35)30-23(37-20)31(3)13-21(33)34/h4-5,7-11,17,36H,6,12-13H2,1-3H3,(H,33,34)/b20-9-. The maximum atomic E-state index is 13.8. The molecule has 2 aliphatic rings.